The molecule has 70 heavy (non-hydrogen) atoms. The molecule has 0 atom stereocenters. The molecule has 10 aromatic rings. The summed E-state index contributed by atoms with van der Waals surface area (Å²) in [5, 5.41) is 2.35. The molecule has 0 radical (unpaired) electrons. The summed E-state index contributed by atoms with van der Waals surface area (Å²) < 4.78 is 9.23. The fourth-order valence-corrected chi connectivity index (χ4v) is 10.2. The number of aromatic nitrogens is 2. The first-order valence-corrected chi connectivity index (χ1v) is 24.5. The Bertz CT molecular complexity index is 3540. The average molecular weight is 913 g/mol. The molecule has 0 bridgehead atoms. The fraction of sp³-hybridized carbons (Fsp3) is 0.185. The second-order valence-electron chi connectivity index (χ2n) is 21.4. The molecule has 2 aromatic heterocycles. The van der Waals surface area contributed by atoms with Gasteiger partial charge in [-0.3, -0.25) is 4.57 Å². The number of hydrogen-bond donors (Lipinski definition) is 0. The van der Waals surface area contributed by atoms with Gasteiger partial charge in [-0.15, -0.1) is 0 Å². The third kappa shape index (κ3) is 8.19. The standard InChI is InChI=1S/C65H60N4O/c1-63(2,3)48-30-33-58-57(39-48)56-32-31-54(42-60(56)69(58)61-40-49(34-35-66-61)65(7,8)47-24-16-11-17-25-47)70-53-27-18-26-51(41-53)67-43-68(62-55(28-19-29-59(62)67)45-22-14-10-15-23-45)52-37-46(44-20-12-9-13-21-44)36-50(38-52)64(4,5)6/h9-42H,43H2,1-8H3. The van der Waals surface area contributed by atoms with Crippen LogP contribution in [-0.2, 0) is 16.2 Å². The highest BCUT2D eigenvalue weighted by Crippen LogP contribution is 2.51. The number of para-hydroxylation sites is 1. The molecule has 0 N–H and O–H groups in total. The summed E-state index contributed by atoms with van der Waals surface area (Å²) in [4.78, 5) is 9.97. The highest BCUT2D eigenvalue weighted by molar-refractivity contribution is 6.10. The van der Waals surface area contributed by atoms with Gasteiger partial charge in [-0.1, -0.05) is 177 Å². The Morgan fingerprint density at radius 3 is 1.84 bits per heavy atom. The Morgan fingerprint density at radius 1 is 0.429 bits per heavy atom. The second kappa shape index (κ2) is 17.3. The van der Waals surface area contributed by atoms with Crippen LogP contribution in [0.5, 0.6) is 11.5 Å². The number of ether oxygens (including phenoxy) is 1. The van der Waals surface area contributed by atoms with Gasteiger partial charge in [-0.2, -0.15) is 0 Å². The van der Waals surface area contributed by atoms with Crippen molar-refractivity contribution in [2.24, 2.45) is 0 Å². The minimum atomic E-state index is -0.228. The largest absolute Gasteiger partial charge is 0.457 e. The number of nitrogens with zero attached hydrogens (tertiary/aromatic N) is 4. The zero-order chi connectivity index (χ0) is 48.4. The molecule has 11 rings (SSSR count). The van der Waals surface area contributed by atoms with Crippen molar-refractivity contribution in [3.8, 4) is 39.6 Å². The molecule has 0 saturated carbocycles. The van der Waals surface area contributed by atoms with Gasteiger partial charge in [-0.05, 0) is 117 Å². The van der Waals surface area contributed by atoms with E-state index in [4.69, 9.17) is 9.72 Å². The molecule has 1 aliphatic rings. The predicted octanol–water partition coefficient (Wildman–Crippen LogP) is 17.5. The van der Waals surface area contributed by atoms with Crippen LogP contribution >= 0.6 is 0 Å². The zero-order valence-electron chi connectivity index (χ0n) is 41.5. The molecule has 5 heteroatoms. The van der Waals surface area contributed by atoms with Crippen molar-refractivity contribution in [2.45, 2.75) is 71.6 Å². The summed E-state index contributed by atoms with van der Waals surface area (Å²) >= 11 is 0. The van der Waals surface area contributed by atoms with Gasteiger partial charge in [0.1, 0.15) is 24.0 Å². The lowest BCUT2D eigenvalue weighted by Gasteiger charge is -2.27. The van der Waals surface area contributed by atoms with E-state index >= 15 is 0 Å². The van der Waals surface area contributed by atoms with Gasteiger partial charge in [0.2, 0.25) is 0 Å². The highest BCUT2D eigenvalue weighted by atomic mass is 16.5. The van der Waals surface area contributed by atoms with Crippen LogP contribution in [0.25, 0.3) is 49.9 Å². The van der Waals surface area contributed by atoms with E-state index in [0.29, 0.717) is 6.67 Å². The van der Waals surface area contributed by atoms with E-state index in [0.717, 1.165) is 50.8 Å². The van der Waals surface area contributed by atoms with Crippen molar-refractivity contribution in [1.82, 2.24) is 9.55 Å². The molecule has 0 fully saturated rings. The third-order valence-electron chi connectivity index (χ3n) is 14.3. The Kier molecular flexibility index (Phi) is 11.0. The first-order valence-electron chi connectivity index (χ1n) is 24.5. The van der Waals surface area contributed by atoms with Crippen molar-refractivity contribution >= 4 is 44.6 Å². The lowest BCUT2D eigenvalue weighted by Crippen LogP contribution is -2.24. The van der Waals surface area contributed by atoms with Crippen LogP contribution in [0, 0.1) is 0 Å². The van der Waals surface area contributed by atoms with Gasteiger partial charge in [-0.25, -0.2) is 4.98 Å². The van der Waals surface area contributed by atoms with Crippen LogP contribution in [0.1, 0.15) is 77.6 Å². The van der Waals surface area contributed by atoms with Crippen LogP contribution in [-0.4, -0.2) is 16.2 Å². The maximum Gasteiger partial charge on any atom is 0.137 e. The first kappa shape index (κ1) is 44.6. The lowest BCUT2D eigenvalue weighted by atomic mass is 9.78. The molecule has 1 aliphatic heterocycles. The molecule has 5 nitrogen and oxygen atoms in total. The Balaban J connectivity index is 1.00. The molecule has 0 unspecified atom stereocenters. The van der Waals surface area contributed by atoms with E-state index < -0.39 is 0 Å². The summed E-state index contributed by atoms with van der Waals surface area (Å²) in [7, 11) is 0. The molecule has 3 heterocycles. The Hall–Kier alpha value is -7.89. The fourth-order valence-electron chi connectivity index (χ4n) is 10.2. The van der Waals surface area contributed by atoms with E-state index in [2.05, 4.69) is 270 Å². The number of rotatable bonds is 9. The summed E-state index contributed by atoms with van der Waals surface area (Å²) in [6, 6.07) is 72.4. The molecule has 0 saturated heterocycles. The average Bonchev–Trinajstić information content (AvgIpc) is 3.93. The van der Waals surface area contributed by atoms with Crippen LogP contribution in [0.3, 0.4) is 0 Å². The van der Waals surface area contributed by atoms with Crippen molar-refractivity contribution < 1.29 is 4.74 Å². The summed E-state index contributed by atoms with van der Waals surface area (Å²) in [5.74, 6) is 2.40. The summed E-state index contributed by atoms with van der Waals surface area (Å²) in [6.45, 7) is 18.9. The third-order valence-corrected chi connectivity index (χ3v) is 14.3. The lowest BCUT2D eigenvalue weighted by molar-refractivity contribution is 0.483. The zero-order valence-corrected chi connectivity index (χ0v) is 41.5. The van der Waals surface area contributed by atoms with Gasteiger partial charge >= 0.3 is 0 Å². The second-order valence-corrected chi connectivity index (χ2v) is 21.4. The number of fused-ring (bicyclic) bond motifs is 4. The van der Waals surface area contributed by atoms with Gasteiger partial charge in [0.25, 0.3) is 0 Å². The molecule has 0 amide bonds. The van der Waals surface area contributed by atoms with Crippen LogP contribution < -0.4 is 14.5 Å². The monoisotopic (exact) mass is 912 g/mol. The van der Waals surface area contributed by atoms with Crippen molar-refractivity contribution in [2.75, 3.05) is 16.5 Å². The van der Waals surface area contributed by atoms with Crippen LogP contribution in [0.2, 0.25) is 0 Å². The van der Waals surface area contributed by atoms with E-state index in [1.54, 1.807) is 0 Å². The maximum absolute atomic E-state index is 6.92. The van der Waals surface area contributed by atoms with Crippen molar-refractivity contribution in [3.05, 3.63) is 229 Å². The quantitative estimate of drug-likeness (QED) is 0.144. The molecule has 0 aliphatic carbocycles. The number of pyridine rings is 1. The van der Waals surface area contributed by atoms with Crippen LogP contribution in [0.4, 0.5) is 22.7 Å². The maximum atomic E-state index is 6.92. The molecular formula is C65H60N4O. The topological polar surface area (TPSA) is 33.5 Å². The van der Waals surface area contributed by atoms with Gasteiger partial charge in [0, 0.05) is 51.5 Å². The Morgan fingerprint density at radius 2 is 1.11 bits per heavy atom. The van der Waals surface area contributed by atoms with Gasteiger partial charge in [0.15, 0.2) is 0 Å². The normalized spacial score (nSPS) is 13.0. The first-order chi connectivity index (χ1) is 33.7. The van der Waals surface area contributed by atoms with E-state index in [1.807, 2.05) is 6.20 Å². The smallest absolute Gasteiger partial charge is 0.137 e. The minimum Gasteiger partial charge on any atom is -0.457 e. The summed E-state index contributed by atoms with van der Waals surface area (Å²) in [6.07, 6.45) is 1.95. The molecule has 8 aromatic carbocycles. The summed E-state index contributed by atoms with van der Waals surface area (Å²) in [5.41, 5.74) is 16.2. The van der Waals surface area contributed by atoms with Crippen molar-refractivity contribution in [3.63, 3.8) is 0 Å². The van der Waals surface area contributed by atoms with Crippen molar-refractivity contribution in [1.29, 1.82) is 0 Å². The van der Waals surface area contributed by atoms with Crippen LogP contribution in [0.15, 0.2) is 206 Å². The van der Waals surface area contributed by atoms with Gasteiger partial charge in [0.05, 0.1) is 22.4 Å². The van der Waals surface area contributed by atoms with E-state index in [1.165, 1.54) is 55.6 Å². The highest BCUT2D eigenvalue weighted by Gasteiger charge is 2.33. The van der Waals surface area contributed by atoms with E-state index in [9.17, 15) is 0 Å². The number of benzene rings is 8. The number of hydrogen-bond acceptors (Lipinski definition) is 4. The van der Waals surface area contributed by atoms with Gasteiger partial charge < -0.3 is 14.5 Å². The predicted molar refractivity (Wildman–Crippen MR) is 294 cm³/mol. The molecule has 346 valence electrons. The van der Waals surface area contributed by atoms with E-state index in [-0.39, 0.29) is 16.2 Å². The molecule has 0 spiro atoms. The molecular weight excluding hydrogens is 853 g/mol. The Labute approximate surface area is 413 Å². The number of anilines is 4. The minimum absolute atomic E-state index is 0.00782. The SMILES string of the molecule is CC(C)(C)c1cc(-c2ccccc2)cc(N2CN(c3cccc(Oc4ccc5c6cc(C(C)(C)C)ccc6n(-c6cc(C(C)(C)c7ccccc7)ccn6)c5c4)c3)c3cccc(-c4ccccc4)c32)c1.